The normalized spacial score (nSPS) is 33.5. The molecule has 3 heteroatoms. The van der Waals surface area contributed by atoms with Crippen molar-refractivity contribution in [2.24, 2.45) is 0 Å². The number of benzene rings is 1. The topological polar surface area (TPSA) is 38.7 Å². The minimum Gasteiger partial charge on any atom is -0.379 e. The average Bonchev–Trinajstić information content (AvgIpc) is 2.62. The first-order valence-corrected chi connectivity index (χ1v) is 9.88. The average molecular weight is 330 g/mol. The third-order valence-electron chi connectivity index (χ3n) is 6.29. The second-order valence-corrected chi connectivity index (χ2v) is 7.72. The summed E-state index contributed by atoms with van der Waals surface area (Å²) < 4.78 is 12.5. The highest BCUT2D eigenvalue weighted by atomic mass is 16.7. The predicted octanol–water partition coefficient (Wildman–Crippen LogP) is 4.63. The molecule has 1 spiro atoms. The number of aliphatic hydroxyl groups is 1. The molecule has 1 heterocycles. The molecule has 4 rings (SSSR count). The monoisotopic (exact) mass is 330 g/mol. The lowest BCUT2D eigenvalue weighted by Gasteiger charge is -2.58. The molecule has 0 amide bonds. The van der Waals surface area contributed by atoms with Gasteiger partial charge in [0.2, 0.25) is 5.79 Å². The SMILES string of the molecule is O[C@@]12c3ccccc3[C@@H]1CCCCCCCCCC21OCCCO1. The van der Waals surface area contributed by atoms with Crippen molar-refractivity contribution in [2.75, 3.05) is 13.2 Å². The Morgan fingerprint density at radius 3 is 2.29 bits per heavy atom. The van der Waals surface area contributed by atoms with Gasteiger partial charge in [0.1, 0.15) is 0 Å². The lowest BCUT2D eigenvalue weighted by atomic mass is 9.57. The molecule has 2 fully saturated rings. The van der Waals surface area contributed by atoms with E-state index < -0.39 is 11.4 Å². The molecule has 3 nitrogen and oxygen atoms in total. The molecule has 1 aliphatic heterocycles. The molecule has 2 atom stereocenters. The summed E-state index contributed by atoms with van der Waals surface area (Å²) in [5.74, 6) is -0.699. The molecule has 3 aliphatic rings. The van der Waals surface area contributed by atoms with Crippen molar-refractivity contribution in [3.05, 3.63) is 35.4 Å². The second-order valence-electron chi connectivity index (χ2n) is 7.72. The van der Waals surface area contributed by atoms with Gasteiger partial charge in [-0.2, -0.15) is 0 Å². The molecule has 1 saturated carbocycles. The van der Waals surface area contributed by atoms with E-state index in [9.17, 15) is 5.11 Å². The Morgan fingerprint density at radius 2 is 1.50 bits per heavy atom. The summed E-state index contributed by atoms with van der Waals surface area (Å²) in [4.78, 5) is 0. The van der Waals surface area contributed by atoms with E-state index in [1.165, 1.54) is 44.1 Å². The molecule has 132 valence electrons. The molecule has 2 aliphatic carbocycles. The Kier molecular flexibility index (Phi) is 4.68. The minimum atomic E-state index is -0.983. The largest absolute Gasteiger partial charge is 0.379 e. The lowest BCUT2D eigenvalue weighted by Crippen LogP contribution is -2.64. The summed E-state index contributed by atoms with van der Waals surface area (Å²) in [5.41, 5.74) is 1.35. The van der Waals surface area contributed by atoms with Gasteiger partial charge in [0.15, 0.2) is 5.60 Å². The van der Waals surface area contributed by atoms with Gasteiger partial charge in [-0.15, -0.1) is 0 Å². The van der Waals surface area contributed by atoms with E-state index >= 15 is 0 Å². The Balaban J connectivity index is 1.71. The zero-order chi connectivity index (χ0) is 16.5. The molecule has 1 saturated heterocycles. The zero-order valence-corrected chi connectivity index (χ0v) is 14.6. The van der Waals surface area contributed by atoms with Gasteiger partial charge in [0, 0.05) is 12.3 Å². The number of fused-ring (bicyclic) bond motifs is 5. The van der Waals surface area contributed by atoms with E-state index in [4.69, 9.17) is 9.47 Å². The summed E-state index contributed by atoms with van der Waals surface area (Å²) >= 11 is 0. The van der Waals surface area contributed by atoms with Crippen LogP contribution < -0.4 is 0 Å². The van der Waals surface area contributed by atoms with Crippen LogP contribution in [-0.2, 0) is 15.1 Å². The molecule has 0 bridgehead atoms. The van der Waals surface area contributed by atoms with E-state index in [0.717, 1.165) is 31.2 Å². The van der Waals surface area contributed by atoms with Crippen LogP contribution in [0.25, 0.3) is 0 Å². The van der Waals surface area contributed by atoms with E-state index in [1.807, 2.05) is 6.07 Å². The van der Waals surface area contributed by atoms with Crippen molar-refractivity contribution in [1.82, 2.24) is 0 Å². The zero-order valence-electron chi connectivity index (χ0n) is 14.6. The Hall–Kier alpha value is -0.900. The first-order valence-electron chi connectivity index (χ1n) is 9.88. The van der Waals surface area contributed by atoms with Gasteiger partial charge in [0.25, 0.3) is 0 Å². The second kappa shape index (κ2) is 6.78. The summed E-state index contributed by atoms with van der Waals surface area (Å²) in [6.07, 6.45) is 11.4. The fraction of sp³-hybridized carbons (Fsp3) is 0.714. The van der Waals surface area contributed by atoms with Crippen LogP contribution in [0.3, 0.4) is 0 Å². The Labute approximate surface area is 145 Å². The van der Waals surface area contributed by atoms with E-state index in [-0.39, 0.29) is 5.92 Å². The third-order valence-corrected chi connectivity index (χ3v) is 6.29. The van der Waals surface area contributed by atoms with Crippen LogP contribution in [0.15, 0.2) is 24.3 Å². The molecule has 1 N–H and O–H groups in total. The van der Waals surface area contributed by atoms with Crippen LogP contribution in [-0.4, -0.2) is 24.1 Å². The van der Waals surface area contributed by atoms with Crippen molar-refractivity contribution < 1.29 is 14.6 Å². The molecule has 24 heavy (non-hydrogen) atoms. The van der Waals surface area contributed by atoms with E-state index in [0.29, 0.717) is 13.2 Å². The van der Waals surface area contributed by atoms with Crippen molar-refractivity contribution >= 4 is 0 Å². The van der Waals surface area contributed by atoms with Crippen LogP contribution in [0.5, 0.6) is 0 Å². The first kappa shape index (κ1) is 16.6. The lowest BCUT2D eigenvalue weighted by molar-refractivity contribution is -0.364. The number of ether oxygens (including phenoxy) is 2. The quantitative estimate of drug-likeness (QED) is 0.754. The van der Waals surface area contributed by atoms with Crippen LogP contribution in [0.4, 0.5) is 0 Å². The smallest absolute Gasteiger partial charge is 0.202 e. The number of hydrogen-bond acceptors (Lipinski definition) is 3. The maximum absolute atomic E-state index is 11.9. The van der Waals surface area contributed by atoms with Crippen LogP contribution in [0.1, 0.15) is 81.3 Å². The van der Waals surface area contributed by atoms with E-state index in [2.05, 4.69) is 18.2 Å². The molecule has 0 unspecified atom stereocenters. The van der Waals surface area contributed by atoms with Gasteiger partial charge in [-0.25, -0.2) is 0 Å². The van der Waals surface area contributed by atoms with Gasteiger partial charge >= 0.3 is 0 Å². The van der Waals surface area contributed by atoms with Crippen molar-refractivity contribution in [2.45, 2.75) is 81.5 Å². The molecule has 1 aromatic carbocycles. The molecular formula is C21H30O3. The van der Waals surface area contributed by atoms with Gasteiger partial charge in [-0.1, -0.05) is 62.8 Å². The molecule has 0 radical (unpaired) electrons. The highest BCUT2D eigenvalue weighted by molar-refractivity contribution is 5.49. The van der Waals surface area contributed by atoms with Crippen LogP contribution in [0, 0.1) is 0 Å². The summed E-state index contributed by atoms with van der Waals surface area (Å²) in [5, 5.41) is 11.9. The molecule has 0 aromatic heterocycles. The van der Waals surface area contributed by atoms with Crippen molar-refractivity contribution in [3.63, 3.8) is 0 Å². The number of hydrogen-bond donors (Lipinski definition) is 1. The summed E-state index contributed by atoms with van der Waals surface area (Å²) in [7, 11) is 0. The minimum absolute atomic E-state index is 0.145. The van der Waals surface area contributed by atoms with Gasteiger partial charge in [-0.05, 0) is 30.4 Å². The molecular weight excluding hydrogens is 300 g/mol. The van der Waals surface area contributed by atoms with Crippen molar-refractivity contribution in [3.8, 4) is 0 Å². The summed E-state index contributed by atoms with van der Waals surface area (Å²) in [6.45, 7) is 1.38. The summed E-state index contributed by atoms with van der Waals surface area (Å²) in [6, 6.07) is 8.36. The first-order chi connectivity index (χ1) is 11.8. The standard InChI is InChI=1S/C21H30O3/c22-21-18(17-11-7-8-13-19(17)21)12-6-4-2-1-3-5-9-14-20(21)23-15-10-16-24-20/h7-8,11,13,18,22H,1-6,9-10,12,14-16H2/t18-,21+/m0/s1. The van der Waals surface area contributed by atoms with Gasteiger partial charge in [-0.3, -0.25) is 0 Å². The van der Waals surface area contributed by atoms with E-state index in [1.54, 1.807) is 0 Å². The fourth-order valence-electron chi connectivity index (χ4n) is 5.04. The van der Waals surface area contributed by atoms with Crippen LogP contribution >= 0.6 is 0 Å². The van der Waals surface area contributed by atoms with Crippen molar-refractivity contribution in [1.29, 1.82) is 0 Å². The van der Waals surface area contributed by atoms with Gasteiger partial charge < -0.3 is 14.6 Å². The highest BCUT2D eigenvalue weighted by Crippen LogP contribution is 2.60. The maximum Gasteiger partial charge on any atom is 0.202 e. The maximum atomic E-state index is 11.9. The highest BCUT2D eigenvalue weighted by Gasteiger charge is 2.64. The Morgan fingerprint density at radius 1 is 0.833 bits per heavy atom. The third kappa shape index (κ3) is 2.53. The fourth-order valence-corrected chi connectivity index (χ4v) is 5.04. The van der Waals surface area contributed by atoms with Crippen LogP contribution in [0.2, 0.25) is 0 Å². The predicted molar refractivity (Wildman–Crippen MR) is 93.9 cm³/mol. The van der Waals surface area contributed by atoms with Gasteiger partial charge in [0.05, 0.1) is 13.2 Å². The number of rotatable bonds is 0. The Bertz CT molecular complexity index is 564. The molecule has 1 aromatic rings.